The second-order valence-electron chi connectivity index (χ2n) is 6.36. The second kappa shape index (κ2) is 6.39. The molecule has 6 nitrogen and oxygen atoms in total. The molecule has 0 unspecified atom stereocenters. The monoisotopic (exact) mass is 348 g/mol. The third-order valence-corrected chi connectivity index (χ3v) is 5.06. The van der Waals surface area contributed by atoms with Crippen molar-refractivity contribution in [3.8, 4) is 0 Å². The summed E-state index contributed by atoms with van der Waals surface area (Å²) in [6.07, 6.45) is 4.30. The number of aryl methyl sites for hydroxylation is 1. The van der Waals surface area contributed by atoms with Crippen LogP contribution < -0.4 is 5.32 Å². The molecule has 2 aromatic rings. The number of hydrogen-bond donors (Lipinski definition) is 1. The number of nitrogens with zero attached hydrogens (tertiary/aromatic N) is 1. The fourth-order valence-corrected chi connectivity index (χ4v) is 3.64. The van der Waals surface area contributed by atoms with Gasteiger partial charge in [0.2, 0.25) is 5.89 Å². The average molecular weight is 348 g/mol. The van der Waals surface area contributed by atoms with Crippen molar-refractivity contribution in [2.75, 3.05) is 6.26 Å². The highest BCUT2D eigenvalue weighted by Gasteiger charge is 2.28. The number of amides is 1. The first-order chi connectivity index (χ1) is 11.3. The number of fused-ring (bicyclic) bond motifs is 1. The first-order valence-electron chi connectivity index (χ1n) is 7.84. The number of benzene rings is 1. The van der Waals surface area contributed by atoms with Crippen LogP contribution >= 0.6 is 0 Å². The van der Waals surface area contributed by atoms with Crippen LogP contribution in [0.25, 0.3) is 0 Å². The van der Waals surface area contributed by atoms with Crippen LogP contribution in [0.2, 0.25) is 0 Å². The van der Waals surface area contributed by atoms with Gasteiger partial charge >= 0.3 is 0 Å². The van der Waals surface area contributed by atoms with E-state index in [-0.39, 0.29) is 29.3 Å². The highest BCUT2D eigenvalue weighted by molar-refractivity contribution is 7.89. The van der Waals surface area contributed by atoms with Crippen molar-refractivity contribution in [2.45, 2.75) is 31.6 Å². The number of carbonyl (C=O) groups is 1. The Bertz CT molecular complexity index is 857. The van der Waals surface area contributed by atoms with Gasteiger partial charge in [0.05, 0.1) is 6.04 Å². The molecule has 24 heavy (non-hydrogen) atoms. The van der Waals surface area contributed by atoms with Crippen LogP contribution in [0, 0.1) is 5.92 Å². The molecule has 0 radical (unpaired) electrons. The smallest absolute Gasteiger partial charge is 0.273 e. The Morgan fingerprint density at radius 3 is 2.88 bits per heavy atom. The first-order valence-corrected chi connectivity index (χ1v) is 9.90. The lowest BCUT2D eigenvalue weighted by Gasteiger charge is -2.31. The minimum atomic E-state index is -3.25. The summed E-state index contributed by atoms with van der Waals surface area (Å²) in [5.41, 5.74) is 2.48. The largest absolute Gasteiger partial charge is 0.447 e. The highest BCUT2D eigenvalue weighted by Crippen LogP contribution is 2.34. The number of aromatic nitrogens is 1. The van der Waals surface area contributed by atoms with E-state index in [4.69, 9.17) is 4.42 Å². The van der Waals surface area contributed by atoms with Crippen molar-refractivity contribution in [2.24, 2.45) is 5.92 Å². The van der Waals surface area contributed by atoms with Crippen LogP contribution in [0.3, 0.4) is 0 Å². The zero-order valence-electron chi connectivity index (χ0n) is 13.7. The lowest BCUT2D eigenvalue weighted by Crippen LogP contribution is -2.35. The minimum Gasteiger partial charge on any atom is -0.447 e. The van der Waals surface area contributed by atoms with Crippen LogP contribution in [0.4, 0.5) is 0 Å². The van der Waals surface area contributed by atoms with Gasteiger partial charge in [-0.05, 0) is 29.9 Å². The maximum absolute atomic E-state index is 12.5. The fourth-order valence-electron chi connectivity index (χ4n) is 3.06. The highest BCUT2D eigenvalue weighted by atomic mass is 32.2. The predicted octanol–water partition coefficient (Wildman–Crippen LogP) is 2.27. The molecular weight excluding hydrogens is 328 g/mol. The van der Waals surface area contributed by atoms with E-state index in [1.165, 1.54) is 11.8 Å². The number of hydrogen-bond acceptors (Lipinski definition) is 5. The van der Waals surface area contributed by atoms with Gasteiger partial charge in [-0.3, -0.25) is 4.79 Å². The quantitative estimate of drug-likeness (QED) is 0.915. The van der Waals surface area contributed by atoms with Gasteiger partial charge in [0.1, 0.15) is 12.0 Å². The fraction of sp³-hybridized carbons (Fsp3) is 0.412. The van der Waals surface area contributed by atoms with Crippen molar-refractivity contribution in [1.82, 2.24) is 10.3 Å². The first kappa shape index (κ1) is 16.7. The summed E-state index contributed by atoms with van der Waals surface area (Å²) >= 11 is 0. The molecule has 0 aliphatic heterocycles. The van der Waals surface area contributed by atoms with E-state index in [9.17, 15) is 13.2 Å². The number of sulfone groups is 1. The summed E-state index contributed by atoms with van der Waals surface area (Å²) in [6, 6.07) is 8.01. The molecule has 1 amide bonds. The number of nitrogens with one attached hydrogen (secondary N) is 1. The molecule has 128 valence electrons. The maximum atomic E-state index is 12.5. The van der Waals surface area contributed by atoms with Crippen LogP contribution in [-0.2, 0) is 22.0 Å². The van der Waals surface area contributed by atoms with Crippen LogP contribution in [0.1, 0.15) is 46.9 Å². The van der Waals surface area contributed by atoms with E-state index in [2.05, 4.69) is 23.3 Å². The Labute approximate surface area is 141 Å². The van der Waals surface area contributed by atoms with E-state index >= 15 is 0 Å². The third-order valence-electron chi connectivity index (χ3n) is 4.28. The van der Waals surface area contributed by atoms with Crippen molar-refractivity contribution in [1.29, 1.82) is 0 Å². The van der Waals surface area contributed by atoms with E-state index < -0.39 is 9.84 Å². The lowest BCUT2D eigenvalue weighted by molar-refractivity contribution is 0.0914. The molecule has 1 aliphatic carbocycles. The molecule has 0 fully saturated rings. The zero-order valence-corrected chi connectivity index (χ0v) is 14.5. The average Bonchev–Trinajstić information content (AvgIpc) is 2.96. The number of rotatable bonds is 4. The molecule has 2 atom stereocenters. The molecule has 0 spiro atoms. The Hall–Kier alpha value is -2.15. The van der Waals surface area contributed by atoms with Crippen molar-refractivity contribution in [3.63, 3.8) is 0 Å². The standard InChI is InChI=1S/C17H20N2O4S/c1-11-7-8-12-5-3-4-6-13(12)16(11)19-17(20)14-9-23-15(18-14)10-24(2,21)22/h3-6,9,11,16H,7-8,10H2,1-2H3,(H,19,20)/t11-,16+/m0/s1. The molecule has 1 aliphatic rings. The Kier molecular flexibility index (Phi) is 4.45. The summed E-state index contributed by atoms with van der Waals surface area (Å²) < 4.78 is 27.6. The molecular formula is C17H20N2O4S. The van der Waals surface area contributed by atoms with E-state index in [0.717, 1.165) is 24.7 Å². The SMILES string of the molecule is C[C@H]1CCc2ccccc2[C@@H]1NC(=O)c1coc(CS(C)(=O)=O)n1. The molecule has 7 heteroatoms. The Morgan fingerprint density at radius 1 is 1.38 bits per heavy atom. The van der Waals surface area contributed by atoms with Crippen LogP contribution in [-0.4, -0.2) is 25.6 Å². The van der Waals surface area contributed by atoms with E-state index in [1.807, 2.05) is 18.2 Å². The molecule has 1 aromatic carbocycles. The van der Waals surface area contributed by atoms with Crippen molar-refractivity contribution < 1.29 is 17.6 Å². The van der Waals surface area contributed by atoms with Gasteiger partial charge < -0.3 is 9.73 Å². The molecule has 0 saturated carbocycles. The van der Waals surface area contributed by atoms with Crippen LogP contribution in [0.5, 0.6) is 0 Å². The molecule has 1 aromatic heterocycles. The van der Waals surface area contributed by atoms with Gasteiger partial charge in [-0.25, -0.2) is 13.4 Å². The number of carbonyl (C=O) groups excluding carboxylic acids is 1. The Morgan fingerprint density at radius 2 is 2.12 bits per heavy atom. The molecule has 0 saturated heterocycles. The van der Waals surface area contributed by atoms with Crippen molar-refractivity contribution in [3.05, 3.63) is 53.2 Å². The summed E-state index contributed by atoms with van der Waals surface area (Å²) in [4.78, 5) is 16.4. The van der Waals surface area contributed by atoms with Gasteiger partial charge in [-0.1, -0.05) is 31.2 Å². The molecule has 1 heterocycles. The predicted molar refractivity (Wildman–Crippen MR) is 89.2 cm³/mol. The number of oxazole rings is 1. The second-order valence-corrected chi connectivity index (χ2v) is 8.50. The normalized spacial score (nSPS) is 20.4. The van der Waals surface area contributed by atoms with Crippen LogP contribution in [0.15, 0.2) is 34.9 Å². The molecule has 1 N–H and O–H groups in total. The zero-order chi connectivity index (χ0) is 17.3. The van der Waals surface area contributed by atoms with Gasteiger partial charge in [0, 0.05) is 6.26 Å². The topological polar surface area (TPSA) is 89.3 Å². The maximum Gasteiger partial charge on any atom is 0.273 e. The van der Waals surface area contributed by atoms with E-state index in [1.54, 1.807) is 0 Å². The summed E-state index contributed by atoms with van der Waals surface area (Å²) in [7, 11) is -3.25. The third kappa shape index (κ3) is 3.67. The Balaban J connectivity index is 1.78. The summed E-state index contributed by atoms with van der Waals surface area (Å²) in [5, 5.41) is 3.01. The van der Waals surface area contributed by atoms with E-state index in [0.29, 0.717) is 5.92 Å². The minimum absolute atomic E-state index is 0.0275. The van der Waals surface area contributed by atoms with Gasteiger partial charge in [-0.2, -0.15) is 0 Å². The summed E-state index contributed by atoms with van der Waals surface area (Å²) in [6.45, 7) is 2.11. The molecule has 3 rings (SSSR count). The van der Waals surface area contributed by atoms with Crippen molar-refractivity contribution >= 4 is 15.7 Å². The lowest BCUT2D eigenvalue weighted by atomic mass is 9.80. The molecule has 0 bridgehead atoms. The van der Waals surface area contributed by atoms with Gasteiger partial charge in [0.15, 0.2) is 15.5 Å². The van der Waals surface area contributed by atoms with Gasteiger partial charge in [0.25, 0.3) is 5.91 Å². The van der Waals surface area contributed by atoms with Gasteiger partial charge in [-0.15, -0.1) is 0 Å². The summed E-state index contributed by atoms with van der Waals surface area (Å²) in [5.74, 6) is -0.332.